The van der Waals surface area contributed by atoms with E-state index in [9.17, 15) is 23.5 Å². The molecule has 2 N–H and O–H groups in total. The average molecular weight is 742 g/mol. The van der Waals surface area contributed by atoms with Gasteiger partial charge in [-0.15, -0.1) is 0 Å². The van der Waals surface area contributed by atoms with Crippen LogP contribution in [-0.4, -0.2) is 86.8 Å². The Morgan fingerprint density at radius 1 is 1.06 bits per heavy atom. The van der Waals surface area contributed by atoms with Gasteiger partial charge in [0, 0.05) is 49.5 Å². The number of fused-ring (bicyclic) bond motifs is 1. The van der Waals surface area contributed by atoms with Crippen molar-refractivity contribution in [2.45, 2.75) is 107 Å². The number of aliphatic carboxylic acids is 1. The van der Waals surface area contributed by atoms with Crippen LogP contribution < -0.4 is 10.1 Å². The van der Waals surface area contributed by atoms with E-state index < -0.39 is 40.5 Å². The number of ether oxygens (including phenoxy) is 2. The number of carbonyl (C=O) groups is 2. The summed E-state index contributed by atoms with van der Waals surface area (Å²) >= 11 is 0. The molecule has 286 valence electrons. The molecule has 9 rings (SSSR count). The maximum Gasteiger partial charge on any atom is 0.330 e. The smallest absolute Gasteiger partial charge is 0.330 e. The van der Waals surface area contributed by atoms with Crippen molar-refractivity contribution in [1.29, 1.82) is 0 Å². The second-order valence-electron chi connectivity index (χ2n) is 16.5. The van der Waals surface area contributed by atoms with E-state index in [4.69, 9.17) is 9.47 Å². The fourth-order valence-corrected chi connectivity index (χ4v) is 10.5. The van der Waals surface area contributed by atoms with E-state index >= 15 is 8.78 Å². The van der Waals surface area contributed by atoms with Gasteiger partial charge in [0.05, 0.1) is 42.9 Å². The number of methoxy groups -OCH3 is 1. The Labute approximate surface area is 305 Å². The molecule has 0 radical (unpaired) electrons. The van der Waals surface area contributed by atoms with Crippen molar-refractivity contribution in [3.63, 3.8) is 0 Å². The number of hydrogen-bond acceptors (Lipinski definition) is 7. The third-order valence-electron chi connectivity index (χ3n) is 12.8. The molecule has 6 fully saturated rings. The van der Waals surface area contributed by atoms with Gasteiger partial charge in [-0.1, -0.05) is 0 Å². The minimum Gasteiger partial charge on any atom is -0.490 e. The lowest BCUT2D eigenvalue weighted by atomic mass is 9.48. The zero-order valence-corrected chi connectivity index (χ0v) is 30.3. The standard InChI is InChI=1S/C39H47F4N5O5/c1-21(18-52-3)48-17-31(29-9-8-28(15-32(29)48)53-27-6-4-26(5-7-27)47-19-38(42,43)20-47)34-44-16-30(33(45-34)37(2,40)41)35(49)46-39(36(50)51)24-11-22-10-23(13-24)14-25(39)12-22/h8-9,15-17,21-27H,4-7,10-14,18-20H2,1-3H3,(H,46,49)(H,50,51)/t21-,22?,23?,24?,25?,26?,27?,39?/m1/s1. The minimum atomic E-state index is -3.54. The summed E-state index contributed by atoms with van der Waals surface area (Å²) < 4.78 is 71.4. The highest BCUT2D eigenvalue weighted by molar-refractivity contribution is 6.00. The number of carboxylic acids is 1. The molecule has 1 aromatic carbocycles. The molecule has 1 aliphatic heterocycles. The normalized spacial score (nSPS) is 31.3. The van der Waals surface area contributed by atoms with E-state index in [0.29, 0.717) is 67.7 Å². The highest BCUT2D eigenvalue weighted by Crippen LogP contribution is 2.58. The fraction of sp³-hybridized carbons (Fsp3) is 0.641. The summed E-state index contributed by atoms with van der Waals surface area (Å²) in [5.74, 6) is -7.16. The van der Waals surface area contributed by atoms with Gasteiger partial charge in [-0.2, -0.15) is 8.78 Å². The van der Waals surface area contributed by atoms with E-state index in [1.807, 2.05) is 34.6 Å². The van der Waals surface area contributed by atoms with Crippen LogP contribution in [0.4, 0.5) is 17.6 Å². The number of aromatic nitrogens is 3. The number of benzene rings is 1. The third kappa shape index (κ3) is 6.47. The highest BCUT2D eigenvalue weighted by Gasteiger charge is 2.62. The predicted molar refractivity (Wildman–Crippen MR) is 187 cm³/mol. The second kappa shape index (κ2) is 13.2. The summed E-state index contributed by atoms with van der Waals surface area (Å²) in [4.78, 5) is 37.4. The van der Waals surface area contributed by atoms with Crippen molar-refractivity contribution >= 4 is 22.8 Å². The third-order valence-corrected chi connectivity index (χ3v) is 12.8. The monoisotopic (exact) mass is 741 g/mol. The summed E-state index contributed by atoms with van der Waals surface area (Å²) in [6.45, 7) is 2.64. The Morgan fingerprint density at radius 2 is 1.72 bits per heavy atom. The van der Waals surface area contributed by atoms with E-state index in [1.54, 1.807) is 13.3 Å². The maximum atomic E-state index is 15.4. The molecule has 0 spiro atoms. The Hall–Kier alpha value is -3.78. The van der Waals surface area contributed by atoms with Gasteiger partial charge in [-0.25, -0.2) is 23.5 Å². The maximum absolute atomic E-state index is 15.4. The lowest BCUT2D eigenvalue weighted by Crippen LogP contribution is -2.70. The van der Waals surface area contributed by atoms with Crippen molar-refractivity contribution in [3.05, 3.63) is 41.9 Å². The van der Waals surface area contributed by atoms with Crippen LogP contribution in [0.1, 0.15) is 93.7 Å². The van der Waals surface area contributed by atoms with Crippen LogP contribution >= 0.6 is 0 Å². The number of alkyl halides is 4. The first-order valence-electron chi connectivity index (χ1n) is 18.9. The molecule has 4 bridgehead atoms. The SMILES string of the molecule is COC[C@@H](C)n1cc(-c2ncc(C(=O)NC3(C(=O)O)C4CC5CC(C4)CC3C5)c(C(C)(F)F)n2)c2ccc(OC3CCC(N4CC(F)(F)C4)CC3)cc21. The molecule has 6 aliphatic rings. The van der Waals surface area contributed by atoms with Crippen molar-refractivity contribution < 1.29 is 41.7 Å². The second-order valence-corrected chi connectivity index (χ2v) is 16.5. The van der Waals surface area contributed by atoms with Gasteiger partial charge in [0.15, 0.2) is 5.82 Å². The topological polar surface area (TPSA) is 119 Å². The first-order valence-corrected chi connectivity index (χ1v) is 18.9. The largest absolute Gasteiger partial charge is 0.490 e. The number of rotatable bonds is 11. The zero-order chi connectivity index (χ0) is 37.4. The zero-order valence-electron chi connectivity index (χ0n) is 30.3. The van der Waals surface area contributed by atoms with Gasteiger partial charge in [0.1, 0.15) is 17.0 Å². The number of hydrogen-bond donors (Lipinski definition) is 2. The van der Waals surface area contributed by atoms with E-state index in [2.05, 4.69) is 15.3 Å². The lowest BCUT2D eigenvalue weighted by Gasteiger charge is -2.59. The summed E-state index contributed by atoms with van der Waals surface area (Å²) in [5, 5.41) is 14.0. The van der Waals surface area contributed by atoms with Crippen molar-refractivity contribution in [2.75, 3.05) is 26.8 Å². The average Bonchev–Trinajstić information content (AvgIpc) is 3.47. The molecule has 3 heterocycles. The van der Waals surface area contributed by atoms with Crippen LogP contribution in [0.25, 0.3) is 22.3 Å². The molecule has 5 saturated carbocycles. The molecule has 0 unspecified atom stereocenters. The molecule has 1 atom stereocenters. The van der Waals surface area contributed by atoms with Crippen LogP contribution in [0.15, 0.2) is 30.6 Å². The van der Waals surface area contributed by atoms with Gasteiger partial charge in [0.25, 0.3) is 17.8 Å². The number of nitrogens with one attached hydrogen (secondary N) is 1. The van der Waals surface area contributed by atoms with Gasteiger partial charge in [-0.3, -0.25) is 9.69 Å². The molecule has 53 heavy (non-hydrogen) atoms. The van der Waals surface area contributed by atoms with Crippen LogP contribution in [0.3, 0.4) is 0 Å². The number of halogens is 4. The summed E-state index contributed by atoms with van der Waals surface area (Å²) in [6, 6.07) is 5.51. The van der Waals surface area contributed by atoms with Crippen LogP contribution in [0, 0.1) is 23.7 Å². The molecular weight excluding hydrogens is 694 g/mol. The predicted octanol–water partition coefficient (Wildman–Crippen LogP) is 7.07. The fourth-order valence-electron chi connectivity index (χ4n) is 10.5. The van der Waals surface area contributed by atoms with Crippen LogP contribution in [0.5, 0.6) is 5.75 Å². The van der Waals surface area contributed by atoms with E-state index in [-0.39, 0.29) is 48.9 Å². The van der Waals surface area contributed by atoms with E-state index in [1.165, 1.54) is 0 Å². The Balaban J connectivity index is 1.07. The van der Waals surface area contributed by atoms with Gasteiger partial charge in [-0.05, 0) is 101 Å². The van der Waals surface area contributed by atoms with Gasteiger partial charge >= 0.3 is 5.97 Å². The summed E-state index contributed by atoms with van der Waals surface area (Å²) in [5.41, 5.74) is -1.51. The van der Waals surface area contributed by atoms with E-state index in [0.717, 1.165) is 43.8 Å². The van der Waals surface area contributed by atoms with Gasteiger partial charge < -0.3 is 24.5 Å². The van der Waals surface area contributed by atoms with Crippen molar-refractivity contribution in [1.82, 2.24) is 24.8 Å². The molecular formula is C39H47F4N5O5. The number of carboxylic acid groups (broad SMARTS) is 1. The van der Waals surface area contributed by atoms with Crippen LogP contribution in [0.2, 0.25) is 0 Å². The highest BCUT2D eigenvalue weighted by atomic mass is 19.3. The molecule has 1 amide bonds. The van der Waals surface area contributed by atoms with Crippen LogP contribution in [-0.2, 0) is 15.5 Å². The first-order chi connectivity index (χ1) is 25.1. The number of likely N-dealkylation sites (tertiary alicyclic amines) is 1. The Morgan fingerprint density at radius 3 is 2.30 bits per heavy atom. The number of amides is 1. The quantitative estimate of drug-likeness (QED) is 0.201. The summed E-state index contributed by atoms with van der Waals surface area (Å²) in [6.07, 6.45) is 9.75. The molecule has 14 heteroatoms. The number of nitrogens with zero attached hydrogens (tertiary/aromatic N) is 4. The number of carbonyl (C=O) groups excluding carboxylic acids is 1. The molecule has 2 aromatic heterocycles. The molecule has 3 aromatic rings. The first kappa shape index (κ1) is 36.2. The molecule has 5 aliphatic carbocycles. The lowest BCUT2D eigenvalue weighted by molar-refractivity contribution is -0.163. The minimum absolute atomic E-state index is 0.00224. The summed E-state index contributed by atoms with van der Waals surface area (Å²) in [7, 11) is 1.59. The Kier molecular flexibility index (Phi) is 9.02. The molecule has 1 saturated heterocycles. The van der Waals surface area contributed by atoms with Crippen molar-refractivity contribution in [3.8, 4) is 17.1 Å². The van der Waals surface area contributed by atoms with Crippen molar-refractivity contribution in [2.24, 2.45) is 23.7 Å². The Bertz CT molecular complexity index is 1870. The van der Waals surface area contributed by atoms with Gasteiger partial charge in [0.2, 0.25) is 0 Å². The molecule has 10 nitrogen and oxygen atoms in total.